The molecule has 2 amide bonds. The molecular formula is C21H26N6O2. The number of carbonyl (C=O) groups excluding carboxylic acids is 1. The Hall–Kier alpha value is -3.13. The first kappa shape index (κ1) is 19.2. The van der Waals surface area contributed by atoms with Gasteiger partial charge in [-0.25, -0.2) is 14.3 Å². The van der Waals surface area contributed by atoms with Gasteiger partial charge in [-0.05, 0) is 50.1 Å². The van der Waals surface area contributed by atoms with Crippen LogP contribution in [-0.2, 0) is 6.54 Å². The summed E-state index contributed by atoms with van der Waals surface area (Å²) < 4.78 is 2.94. The number of hydrogen-bond acceptors (Lipinski definition) is 4. The third kappa shape index (κ3) is 4.32. The number of hydrogen-bond donors (Lipinski definition) is 2. The number of aromatic nitrogens is 3. The Kier molecular flexibility index (Phi) is 5.35. The molecule has 2 N–H and O–H groups in total. The average molecular weight is 394 g/mol. The average Bonchev–Trinajstić information content (AvgIpc) is 3.27. The van der Waals surface area contributed by atoms with E-state index in [0.717, 1.165) is 25.1 Å². The Labute approximate surface area is 169 Å². The van der Waals surface area contributed by atoms with Crippen molar-refractivity contribution in [2.75, 3.05) is 18.4 Å². The number of nitrogens with one attached hydrogen (secondary N) is 2. The summed E-state index contributed by atoms with van der Waals surface area (Å²) in [7, 11) is 0. The van der Waals surface area contributed by atoms with E-state index in [2.05, 4.69) is 34.5 Å². The summed E-state index contributed by atoms with van der Waals surface area (Å²) in [5, 5.41) is 10.3. The first-order valence-electron chi connectivity index (χ1n) is 9.94. The van der Waals surface area contributed by atoms with Crippen molar-refractivity contribution >= 4 is 17.4 Å². The van der Waals surface area contributed by atoms with Crippen LogP contribution in [0.4, 0.5) is 10.5 Å². The molecule has 152 valence electrons. The lowest BCUT2D eigenvalue weighted by molar-refractivity contribution is 0.244. The number of carbonyl (C=O) groups is 1. The largest absolute Gasteiger partial charge is 0.350 e. The zero-order valence-electron chi connectivity index (χ0n) is 16.7. The van der Waals surface area contributed by atoms with Crippen molar-refractivity contribution in [3.05, 3.63) is 64.7 Å². The molecule has 0 spiro atoms. The second-order valence-electron chi connectivity index (χ2n) is 7.74. The van der Waals surface area contributed by atoms with E-state index in [0.29, 0.717) is 23.9 Å². The Balaban J connectivity index is 1.40. The van der Waals surface area contributed by atoms with Crippen LogP contribution < -0.4 is 16.3 Å². The highest BCUT2D eigenvalue weighted by molar-refractivity contribution is 5.89. The van der Waals surface area contributed by atoms with E-state index < -0.39 is 0 Å². The zero-order valence-corrected chi connectivity index (χ0v) is 16.7. The minimum atomic E-state index is -0.206. The first-order valence-corrected chi connectivity index (χ1v) is 9.94. The maximum atomic E-state index is 12.4. The zero-order chi connectivity index (χ0) is 20.4. The van der Waals surface area contributed by atoms with Crippen LogP contribution in [0, 0.1) is 0 Å². The summed E-state index contributed by atoms with van der Waals surface area (Å²) in [5.74, 6) is 0. The van der Waals surface area contributed by atoms with Crippen molar-refractivity contribution in [3.63, 3.8) is 0 Å². The number of rotatable bonds is 5. The van der Waals surface area contributed by atoms with Gasteiger partial charge in [0.1, 0.15) is 0 Å². The Bertz CT molecular complexity index is 1070. The summed E-state index contributed by atoms with van der Waals surface area (Å²) >= 11 is 0. The van der Waals surface area contributed by atoms with Gasteiger partial charge in [0.25, 0.3) is 0 Å². The fraction of sp³-hybridized carbons (Fsp3) is 0.381. The van der Waals surface area contributed by atoms with Gasteiger partial charge in [0.2, 0.25) is 0 Å². The molecule has 0 saturated carbocycles. The number of urea groups is 1. The monoisotopic (exact) mass is 394 g/mol. The van der Waals surface area contributed by atoms with Gasteiger partial charge in [0, 0.05) is 37.1 Å². The minimum absolute atomic E-state index is 0.164. The standard InChI is InChI=1S/C21H26N6O2/c1-15(2)25-11-9-18(14-25)23-20(28)22-17-7-5-6-16(12-17)13-27-21(29)26-10-4-3-8-19(26)24-27/h3-8,10,12,15,18H,9,11,13-14H2,1-2H3,(H2,22,23,28). The van der Waals surface area contributed by atoms with E-state index in [1.807, 2.05) is 30.3 Å². The summed E-state index contributed by atoms with van der Waals surface area (Å²) in [6.45, 7) is 6.56. The Morgan fingerprint density at radius 1 is 1.24 bits per heavy atom. The van der Waals surface area contributed by atoms with Crippen LogP contribution in [-0.4, -0.2) is 50.3 Å². The highest BCUT2D eigenvalue weighted by Gasteiger charge is 2.25. The number of likely N-dealkylation sites (tertiary alicyclic amines) is 1. The van der Waals surface area contributed by atoms with E-state index in [1.165, 1.54) is 9.08 Å². The molecule has 8 nitrogen and oxygen atoms in total. The maximum absolute atomic E-state index is 12.4. The molecule has 2 aromatic heterocycles. The number of pyridine rings is 1. The van der Waals surface area contributed by atoms with Crippen LogP contribution >= 0.6 is 0 Å². The van der Waals surface area contributed by atoms with Crippen molar-refractivity contribution in [2.24, 2.45) is 0 Å². The van der Waals surface area contributed by atoms with Crippen LogP contribution in [0.5, 0.6) is 0 Å². The molecule has 0 aliphatic carbocycles. The number of amides is 2. The van der Waals surface area contributed by atoms with Crippen molar-refractivity contribution in [2.45, 2.75) is 38.9 Å². The van der Waals surface area contributed by atoms with Gasteiger partial charge >= 0.3 is 11.7 Å². The third-order valence-corrected chi connectivity index (χ3v) is 5.29. The SMILES string of the molecule is CC(C)N1CCC(NC(=O)Nc2cccc(Cn3nc4ccccn4c3=O)c2)C1. The summed E-state index contributed by atoms with van der Waals surface area (Å²) in [4.78, 5) is 27.2. The lowest BCUT2D eigenvalue weighted by Gasteiger charge is -2.20. The van der Waals surface area contributed by atoms with Crippen LogP contribution in [0.25, 0.3) is 5.65 Å². The van der Waals surface area contributed by atoms with Crippen molar-refractivity contribution in [1.82, 2.24) is 24.4 Å². The molecule has 8 heteroatoms. The number of nitrogens with zero attached hydrogens (tertiary/aromatic N) is 4. The molecule has 4 rings (SSSR count). The fourth-order valence-electron chi connectivity index (χ4n) is 3.72. The highest BCUT2D eigenvalue weighted by atomic mass is 16.2. The van der Waals surface area contributed by atoms with E-state index in [1.54, 1.807) is 18.3 Å². The van der Waals surface area contributed by atoms with Crippen molar-refractivity contribution in [1.29, 1.82) is 0 Å². The third-order valence-electron chi connectivity index (χ3n) is 5.29. The molecule has 3 heterocycles. The van der Waals surface area contributed by atoms with Gasteiger partial charge in [-0.15, -0.1) is 5.10 Å². The first-order chi connectivity index (χ1) is 14.0. The number of benzene rings is 1. The topological polar surface area (TPSA) is 83.7 Å². The molecule has 1 aliphatic rings. The molecule has 1 aromatic carbocycles. The molecule has 1 unspecified atom stereocenters. The molecule has 1 saturated heterocycles. The fourth-order valence-corrected chi connectivity index (χ4v) is 3.72. The smallest absolute Gasteiger partial charge is 0.334 e. The minimum Gasteiger partial charge on any atom is -0.334 e. The van der Waals surface area contributed by atoms with Gasteiger partial charge in [0.05, 0.1) is 6.54 Å². The normalized spacial score (nSPS) is 17.1. The van der Waals surface area contributed by atoms with Gasteiger partial charge in [-0.2, -0.15) is 0 Å². The predicted octanol–water partition coefficient (Wildman–Crippen LogP) is 2.15. The van der Waals surface area contributed by atoms with Crippen LogP contribution in [0.3, 0.4) is 0 Å². The van der Waals surface area contributed by atoms with E-state index >= 15 is 0 Å². The van der Waals surface area contributed by atoms with Gasteiger partial charge in [0.15, 0.2) is 5.65 Å². The van der Waals surface area contributed by atoms with E-state index in [-0.39, 0.29) is 17.8 Å². The molecular weight excluding hydrogens is 368 g/mol. The summed E-state index contributed by atoms with van der Waals surface area (Å²) in [6, 6.07) is 13.4. The highest BCUT2D eigenvalue weighted by Crippen LogP contribution is 2.14. The van der Waals surface area contributed by atoms with Crippen LogP contribution in [0.1, 0.15) is 25.8 Å². The predicted molar refractivity (Wildman–Crippen MR) is 112 cm³/mol. The summed E-state index contributed by atoms with van der Waals surface area (Å²) in [5.41, 5.74) is 2.00. The molecule has 0 bridgehead atoms. The second kappa shape index (κ2) is 8.08. The van der Waals surface area contributed by atoms with Crippen LogP contribution in [0.2, 0.25) is 0 Å². The summed E-state index contributed by atoms with van der Waals surface area (Å²) in [6.07, 6.45) is 2.66. The molecule has 1 fully saturated rings. The maximum Gasteiger partial charge on any atom is 0.350 e. The molecule has 1 aliphatic heterocycles. The molecule has 0 radical (unpaired) electrons. The van der Waals surface area contributed by atoms with E-state index in [4.69, 9.17) is 0 Å². The lowest BCUT2D eigenvalue weighted by Crippen LogP contribution is -2.40. The lowest BCUT2D eigenvalue weighted by atomic mass is 10.2. The van der Waals surface area contributed by atoms with E-state index in [9.17, 15) is 9.59 Å². The van der Waals surface area contributed by atoms with Gasteiger partial charge in [-0.3, -0.25) is 9.30 Å². The molecule has 29 heavy (non-hydrogen) atoms. The Morgan fingerprint density at radius 3 is 2.86 bits per heavy atom. The molecule has 3 aromatic rings. The quantitative estimate of drug-likeness (QED) is 0.695. The number of anilines is 1. The van der Waals surface area contributed by atoms with Crippen LogP contribution in [0.15, 0.2) is 53.5 Å². The van der Waals surface area contributed by atoms with Crippen molar-refractivity contribution < 1.29 is 4.79 Å². The molecule has 1 atom stereocenters. The Morgan fingerprint density at radius 2 is 2.10 bits per heavy atom. The second-order valence-corrected chi connectivity index (χ2v) is 7.74. The van der Waals surface area contributed by atoms with Gasteiger partial charge in [-0.1, -0.05) is 18.2 Å². The van der Waals surface area contributed by atoms with Gasteiger partial charge < -0.3 is 10.6 Å². The van der Waals surface area contributed by atoms with Crippen molar-refractivity contribution in [3.8, 4) is 0 Å². The number of fused-ring (bicyclic) bond motifs is 1.